The van der Waals surface area contributed by atoms with Crippen molar-refractivity contribution in [1.29, 1.82) is 0 Å². The van der Waals surface area contributed by atoms with Gasteiger partial charge in [0, 0.05) is 16.0 Å². The Bertz CT molecular complexity index is 599. The first-order valence-corrected chi connectivity index (χ1v) is 9.81. The molecule has 3 rings (SSSR count). The lowest BCUT2D eigenvalue weighted by Gasteiger charge is -2.29. The number of hydrogen-bond donors (Lipinski definition) is 2. The van der Waals surface area contributed by atoms with E-state index in [9.17, 15) is 0 Å². The summed E-state index contributed by atoms with van der Waals surface area (Å²) in [5.74, 6) is 0. The van der Waals surface area contributed by atoms with E-state index in [0.29, 0.717) is 0 Å². The van der Waals surface area contributed by atoms with Gasteiger partial charge in [0.15, 0.2) is 0 Å². The van der Waals surface area contributed by atoms with E-state index in [4.69, 9.17) is 0 Å². The number of nitrogens with one attached hydrogen (secondary N) is 2. The molecule has 0 radical (unpaired) electrons. The second kappa shape index (κ2) is 8.00. The van der Waals surface area contributed by atoms with Gasteiger partial charge in [-0.25, -0.2) is 0 Å². The molecule has 2 N–H and O–H groups in total. The minimum Gasteiger partial charge on any atom is -0.322 e. The predicted molar refractivity (Wildman–Crippen MR) is 98.2 cm³/mol. The summed E-state index contributed by atoms with van der Waals surface area (Å²) < 4.78 is 0. The first kappa shape index (κ1) is 16.6. The van der Waals surface area contributed by atoms with E-state index in [2.05, 4.69) is 61.7 Å². The third-order valence-corrected chi connectivity index (χ3v) is 5.60. The van der Waals surface area contributed by atoms with Gasteiger partial charge in [-0.05, 0) is 25.3 Å². The average molecular weight is 329 g/mol. The van der Waals surface area contributed by atoms with E-state index in [1.165, 1.54) is 60.9 Å². The number of thioether (sulfide) groups is 1. The maximum absolute atomic E-state index is 2.30. The van der Waals surface area contributed by atoms with Crippen molar-refractivity contribution in [3.63, 3.8) is 0 Å². The van der Waals surface area contributed by atoms with Crippen molar-refractivity contribution in [2.24, 2.45) is 0 Å². The van der Waals surface area contributed by atoms with Gasteiger partial charge >= 0.3 is 0 Å². The van der Waals surface area contributed by atoms with Crippen molar-refractivity contribution < 1.29 is 9.80 Å². The fraction of sp³-hybridized carbons (Fsp3) is 0.400. The van der Waals surface area contributed by atoms with Crippen molar-refractivity contribution in [1.82, 2.24) is 0 Å². The number of piperazine rings is 1. The monoisotopic (exact) mass is 328 g/mol. The van der Waals surface area contributed by atoms with Gasteiger partial charge in [-0.2, -0.15) is 0 Å². The molecule has 0 unspecified atom stereocenters. The molecular weight excluding hydrogens is 300 g/mol. The number of benzene rings is 2. The van der Waals surface area contributed by atoms with Gasteiger partial charge < -0.3 is 9.80 Å². The Balaban J connectivity index is 1.47. The molecule has 122 valence electrons. The topological polar surface area (TPSA) is 8.88 Å². The number of quaternary nitrogens is 2. The van der Waals surface area contributed by atoms with Crippen molar-refractivity contribution in [3.8, 4) is 0 Å². The van der Waals surface area contributed by atoms with Crippen LogP contribution in [0, 0.1) is 6.92 Å². The molecule has 2 aromatic rings. The van der Waals surface area contributed by atoms with Gasteiger partial charge in [0.05, 0.1) is 0 Å². The molecule has 0 aliphatic carbocycles. The number of aryl methyl sites for hydroxylation is 1. The highest BCUT2D eigenvalue weighted by atomic mass is 32.2. The van der Waals surface area contributed by atoms with Crippen LogP contribution in [0.5, 0.6) is 0 Å². The largest absolute Gasteiger partial charge is 0.322 e. The summed E-state index contributed by atoms with van der Waals surface area (Å²) in [5.41, 5.74) is 4.30. The Labute approximate surface area is 144 Å². The Morgan fingerprint density at radius 1 is 0.739 bits per heavy atom. The summed E-state index contributed by atoms with van der Waals surface area (Å²) in [4.78, 5) is 4.82. The van der Waals surface area contributed by atoms with Gasteiger partial charge in [0.2, 0.25) is 0 Å². The zero-order chi connectivity index (χ0) is 16.1. The van der Waals surface area contributed by atoms with Gasteiger partial charge in [0.1, 0.15) is 39.3 Å². The maximum Gasteiger partial charge on any atom is 0.127 e. The number of rotatable bonds is 5. The smallest absolute Gasteiger partial charge is 0.127 e. The highest BCUT2D eigenvalue weighted by Gasteiger charge is 2.22. The minimum absolute atomic E-state index is 1.17. The van der Waals surface area contributed by atoms with Crippen molar-refractivity contribution in [2.45, 2.75) is 24.9 Å². The Kier molecular flexibility index (Phi) is 5.76. The molecule has 2 nitrogen and oxygen atoms in total. The molecule has 0 spiro atoms. The Morgan fingerprint density at radius 2 is 1.17 bits per heavy atom. The third kappa shape index (κ3) is 4.84. The van der Waals surface area contributed by atoms with Crippen LogP contribution in [-0.4, -0.2) is 32.4 Å². The van der Waals surface area contributed by atoms with E-state index in [0.717, 1.165) is 0 Å². The molecule has 3 heteroatoms. The van der Waals surface area contributed by atoms with Crippen LogP contribution in [0.1, 0.15) is 16.7 Å². The minimum atomic E-state index is 1.17. The molecule has 0 atom stereocenters. The normalized spacial score (nSPS) is 21.3. The van der Waals surface area contributed by atoms with E-state index in [1.54, 1.807) is 9.80 Å². The first-order chi connectivity index (χ1) is 11.2. The number of hydrogen-bond acceptors (Lipinski definition) is 1. The Hall–Kier alpha value is -1.29. The van der Waals surface area contributed by atoms with Crippen LogP contribution in [0.4, 0.5) is 0 Å². The molecule has 23 heavy (non-hydrogen) atoms. The highest BCUT2D eigenvalue weighted by Crippen LogP contribution is 2.14. The summed E-state index contributed by atoms with van der Waals surface area (Å²) >= 11 is 1.82. The second-order valence-electron chi connectivity index (χ2n) is 6.69. The zero-order valence-electron chi connectivity index (χ0n) is 14.3. The molecule has 0 saturated carbocycles. The third-order valence-electron chi connectivity index (χ3n) is 4.85. The van der Waals surface area contributed by atoms with Crippen LogP contribution in [-0.2, 0) is 13.1 Å². The van der Waals surface area contributed by atoms with Gasteiger partial charge in [0.25, 0.3) is 0 Å². The average Bonchev–Trinajstić information content (AvgIpc) is 2.59. The second-order valence-corrected chi connectivity index (χ2v) is 7.57. The lowest BCUT2D eigenvalue weighted by atomic mass is 10.1. The quantitative estimate of drug-likeness (QED) is 0.784. The van der Waals surface area contributed by atoms with Gasteiger partial charge in [-0.1, -0.05) is 42.0 Å². The molecule has 2 aromatic carbocycles. The van der Waals surface area contributed by atoms with E-state index < -0.39 is 0 Å². The summed E-state index contributed by atoms with van der Waals surface area (Å²) in [6, 6.07) is 18.1. The van der Waals surface area contributed by atoms with Gasteiger partial charge in [-0.15, -0.1) is 11.8 Å². The lowest BCUT2D eigenvalue weighted by molar-refractivity contribution is -1.02. The van der Waals surface area contributed by atoms with E-state index in [-0.39, 0.29) is 0 Å². The van der Waals surface area contributed by atoms with Crippen LogP contribution in [0.3, 0.4) is 0 Å². The standard InChI is InChI=1S/C20H26N2S/c1-17-3-5-18(6-4-17)15-21-11-13-22(14-12-21)16-19-7-9-20(23-2)10-8-19/h3-10H,11-16H2,1-2H3/p+2. The summed E-state index contributed by atoms with van der Waals surface area (Å²) in [7, 11) is 0. The lowest BCUT2D eigenvalue weighted by Crippen LogP contribution is -3.27. The van der Waals surface area contributed by atoms with E-state index in [1.807, 2.05) is 11.8 Å². The van der Waals surface area contributed by atoms with Crippen molar-refractivity contribution in [3.05, 3.63) is 65.2 Å². The molecular formula is C20H28N2S+2. The fourth-order valence-electron chi connectivity index (χ4n) is 3.34. The Morgan fingerprint density at radius 3 is 1.61 bits per heavy atom. The zero-order valence-corrected chi connectivity index (χ0v) is 15.1. The maximum atomic E-state index is 2.30. The molecule has 1 aliphatic rings. The van der Waals surface area contributed by atoms with Crippen LogP contribution in [0.15, 0.2) is 53.4 Å². The van der Waals surface area contributed by atoms with Gasteiger partial charge in [-0.3, -0.25) is 0 Å². The first-order valence-electron chi connectivity index (χ1n) is 8.58. The van der Waals surface area contributed by atoms with E-state index >= 15 is 0 Å². The summed E-state index contributed by atoms with van der Waals surface area (Å²) in [6.45, 7) is 9.64. The molecule has 1 aliphatic heterocycles. The van der Waals surface area contributed by atoms with Crippen LogP contribution < -0.4 is 9.80 Å². The summed E-state index contributed by atoms with van der Waals surface area (Å²) in [6.07, 6.45) is 2.14. The molecule has 1 fully saturated rings. The molecule has 1 heterocycles. The van der Waals surface area contributed by atoms with Crippen LogP contribution in [0.25, 0.3) is 0 Å². The molecule has 1 saturated heterocycles. The van der Waals surface area contributed by atoms with Crippen LogP contribution in [0.2, 0.25) is 0 Å². The molecule has 0 amide bonds. The SMILES string of the molecule is CSc1ccc(C[NH+]2CC[NH+](Cc3ccc(C)cc3)CC2)cc1. The summed E-state index contributed by atoms with van der Waals surface area (Å²) in [5, 5.41) is 0. The van der Waals surface area contributed by atoms with Crippen molar-refractivity contribution in [2.75, 3.05) is 32.4 Å². The van der Waals surface area contributed by atoms with Crippen LogP contribution >= 0.6 is 11.8 Å². The fourth-order valence-corrected chi connectivity index (χ4v) is 3.75. The molecule has 0 aromatic heterocycles. The molecule has 0 bridgehead atoms. The highest BCUT2D eigenvalue weighted by molar-refractivity contribution is 7.98. The predicted octanol–water partition coefficient (Wildman–Crippen LogP) is 1.20. The van der Waals surface area contributed by atoms with Crippen molar-refractivity contribution >= 4 is 11.8 Å².